The fourth-order valence-corrected chi connectivity index (χ4v) is 5.78. The molecule has 7 nitrogen and oxygen atoms in total. The van der Waals surface area contributed by atoms with Crippen molar-refractivity contribution in [2.75, 3.05) is 0 Å². The van der Waals surface area contributed by atoms with E-state index in [1.54, 1.807) is 6.21 Å². The van der Waals surface area contributed by atoms with Crippen LogP contribution in [0.1, 0.15) is 88.3 Å². The van der Waals surface area contributed by atoms with Crippen molar-refractivity contribution in [2.24, 2.45) is 15.9 Å². The summed E-state index contributed by atoms with van der Waals surface area (Å²) in [4.78, 5) is 21.7. The van der Waals surface area contributed by atoms with Crippen molar-refractivity contribution in [1.82, 2.24) is 25.2 Å². The van der Waals surface area contributed by atoms with E-state index in [2.05, 4.69) is 52.3 Å². The van der Waals surface area contributed by atoms with E-state index in [4.69, 9.17) is 4.98 Å². The molecule has 2 heterocycles. The van der Waals surface area contributed by atoms with Gasteiger partial charge >= 0.3 is 0 Å². The van der Waals surface area contributed by atoms with Gasteiger partial charge in [-0.15, -0.1) is 0 Å². The average Bonchev–Trinajstić information content (AvgIpc) is 3.55. The summed E-state index contributed by atoms with van der Waals surface area (Å²) in [7, 11) is 0. The molecule has 1 aromatic carbocycles. The topological polar surface area (TPSA) is 88.0 Å². The summed E-state index contributed by atoms with van der Waals surface area (Å²) < 4.78 is 2.07. The van der Waals surface area contributed by atoms with Gasteiger partial charge in [-0.05, 0) is 50.2 Å². The van der Waals surface area contributed by atoms with Crippen LogP contribution in [0.4, 0.5) is 0 Å². The van der Waals surface area contributed by atoms with Crippen LogP contribution < -0.4 is 5.43 Å². The lowest BCUT2D eigenvalue weighted by Gasteiger charge is -2.39. The molecule has 2 saturated carbocycles. The van der Waals surface area contributed by atoms with Gasteiger partial charge in [0.25, 0.3) is 0 Å². The molecule has 2 aromatic heterocycles. The Balaban J connectivity index is 1.30. The zero-order chi connectivity index (χ0) is 23.2. The number of fused-ring (bicyclic) bond motifs is 1. The summed E-state index contributed by atoms with van der Waals surface area (Å²) >= 11 is 0. The van der Waals surface area contributed by atoms with Crippen molar-refractivity contribution in [3.05, 3.63) is 47.5 Å². The fourth-order valence-electron chi connectivity index (χ4n) is 5.78. The fraction of sp³-hybridized carbons (Fsp3) is 0.538. The molecule has 2 aliphatic rings. The number of aromatic amines is 1. The smallest absolute Gasteiger partial charge is 0.246 e. The number of nitrogens with one attached hydrogen (secondary N) is 2. The average molecular weight is 447 g/mol. The number of carbonyl (C=O) groups excluding carboxylic acids is 1. The minimum atomic E-state index is -0.545. The van der Waals surface area contributed by atoms with Crippen LogP contribution in [0.2, 0.25) is 0 Å². The maximum atomic E-state index is 13.3. The highest BCUT2D eigenvalue weighted by atomic mass is 16.2. The highest BCUT2D eigenvalue weighted by Crippen LogP contribution is 2.59. The van der Waals surface area contributed by atoms with Crippen LogP contribution in [-0.2, 0) is 4.79 Å². The predicted octanol–water partition coefficient (Wildman–Crippen LogP) is 5.24. The van der Waals surface area contributed by atoms with E-state index in [1.165, 1.54) is 25.7 Å². The van der Waals surface area contributed by atoms with Gasteiger partial charge < -0.3 is 4.98 Å². The molecule has 0 bridgehead atoms. The van der Waals surface area contributed by atoms with Gasteiger partial charge in [0.05, 0.1) is 34.4 Å². The third-order valence-corrected chi connectivity index (χ3v) is 8.49. The molecule has 0 spiro atoms. The minimum absolute atomic E-state index is 0.0387. The van der Waals surface area contributed by atoms with Crippen LogP contribution in [0.3, 0.4) is 0 Å². The summed E-state index contributed by atoms with van der Waals surface area (Å²) in [5.41, 5.74) is 5.93. The number of hydrogen-bond donors (Lipinski definition) is 2. The quantitative estimate of drug-likeness (QED) is 0.415. The Bertz CT molecular complexity index is 1170. The SMILES string of the molecule is Cc1nn(C2CCCC2)cc1C=NNC(=O)[C@@]1(C)CC[C@@H](c2nc3ccccc3[nH]2)C1(C)C. The lowest BCUT2D eigenvalue weighted by molar-refractivity contribution is -0.135. The van der Waals surface area contributed by atoms with Gasteiger partial charge in [-0.1, -0.05) is 45.7 Å². The molecule has 174 valence electrons. The number of hydrazone groups is 1. The number of rotatable bonds is 5. The van der Waals surface area contributed by atoms with Crippen molar-refractivity contribution < 1.29 is 4.79 Å². The van der Waals surface area contributed by atoms with E-state index in [1.807, 2.05) is 31.2 Å². The van der Waals surface area contributed by atoms with Crippen LogP contribution in [0, 0.1) is 17.8 Å². The van der Waals surface area contributed by atoms with Crippen molar-refractivity contribution in [3.63, 3.8) is 0 Å². The Kier molecular flexibility index (Phi) is 5.38. The highest BCUT2D eigenvalue weighted by molar-refractivity contribution is 5.86. The largest absolute Gasteiger partial charge is 0.342 e. The lowest BCUT2D eigenvalue weighted by atomic mass is 9.65. The molecule has 0 radical (unpaired) electrons. The number of hydrogen-bond acceptors (Lipinski definition) is 4. The van der Waals surface area contributed by atoms with E-state index in [0.717, 1.165) is 41.0 Å². The Morgan fingerprint density at radius 2 is 1.97 bits per heavy atom. The number of amides is 1. The van der Waals surface area contributed by atoms with Crippen LogP contribution in [-0.4, -0.2) is 31.9 Å². The van der Waals surface area contributed by atoms with E-state index < -0.39 is 5.41 Å². The molecule has 5 rings (SSSR count). The van der Waals surface area contributed by atoms with Crippen molar-refractivity contribution >= 4 is 23.2 Å². The van der Waals surface area contributed by atoms with Gasteiger partial charge in [-0.25, -0.2) is 10.4 Å². The second kappa shape index (κ2) is 8.12. The van der Waals surface area contributed by atoms with Gasteiger partial charge in [0.2, 0.25) is 5.91 Å². The number of benzene rings is 1. The number of para-hydroxylation sites is 2. The number of carbonyl (C=O) groups is 1. The van der Waals surface area contributed by atoms with Crippen molar-refractivity contribution in [3.8, 4) is 0 Å². The summed E-state index contributed by atoms with van der Waals surface area (Å²) in [5, 5.41) is 9.00. The molecule has 2 fully saturated rings. The third kappa shape index (κ3) is 3.67. The van der Waals surface area contributed by atoms with E-state index >= 15 is 0 Å². The molecule has 3 aromatic rings. The maximum Gasteiger partial charge on any atom is 0.246 e. The summed E-state index contributed by atoms with van der Waals surface area (Å²) in [6, 6.07) is 8.58. The first-order chi connectivity index (χ1) is 15.8. The van der Waals surface area contributed by atoms with Crippen LogP contribution >= 0.6 is 0 Å². The zero-order valence-corrected chi connectivity index (χ0v) is 20.1. The molecule has 7 heteroatoms. The van der Waals surface area contributed by atoms with Gasteiger partial charge in [0.1, 0.15) is 5.82 Å². The lowest BCUT2D eigenvalue weighted by Crippen LogP contribution is -2.45. The Morgan fingerprint density at radius 3 is 2.73 bits per heavy atom. The van der Waals surface area contributed by atoms with E-state index in [0.29, 0.717) is 6.04 Å². The maximum absolute atomic E-state index is 13.3. The molecular formula is C26H34N6O. The first-order valence-electron chi connectivity index (χ1n) is 12.1. The van der Waals surface area contributed by atoms with Crippen LogP contribution in [0.15, 0.2) is 35.6 Å². The molecule has 1 amide bonds. The second-order valence-corrected chi connectivity index (χ2v) is 10.6. The first kappa shape index (κ1) is 21.9. The Labute approximate surface area is 195 Å². The molecule has 0 saturated heterocycles. The van der Waals surface area contributed by atoms with Gasteiger partial charge in [-0.2, -0.15) is 10.2 Å². The normalized spacial score (nSPS) is 25.4. The Morgan fingerprint density at radius 1 is 1.21 bits per heavy atom. The van der Waals surface area contributed by atoms with Crippen LogP contribution in [0.25, 0.3) is 11.0 Å². The minimum Gasteiger partial charge on any atom is -0.342 e. The van der Waals surface area contributed by atoms with Gasteiger partial charge in [-0.3, -0.25) is 9.48 Å². The monoisotopic (exact) mass is 446 g/mol. The standard InChI is InChI=1S/C26H34N6O/c1-17-18(16-32(31-17)19-9-5-6-10-19)15-27-30-24(33)26(4)14-13-20(25(26,2)3)23-28-21-11-7-8-12-22(21)29-23/h7-8,11-12,15-16,19-20H,5-6,9-10,13-14H2,1-4H3,(H,28,29)(H,30,33)/t20-,26+/m0/s1. The number of H-pyrrole nitrogens is 1. The Hall–Kier alpha value is -2.96. The molecule has 0 aliphatic heterocycles. The first-order valence-corrected chi connectivity index (χ1v) is 12.1. The highest BCUT2D eigenvalue weighted by Gasteiger charge is 2.57. The van der Waals surface area contributed by atoms with Crippen LogP contribution in [0.5, 0.6) is 0 Å². The van der Waals surface area contributed by atoms with E-state index in [9.17, 15) is 4.79 Å². The van der Waals surface area contributed by atoms with E-state index in [-0.39, 0.29) is 17.2 Å². The second-order valence-electron chi connectivity index (χ2n) is 10.6. The molecule has 33 heavy (non-hydrogen) atoms. The summed E-state index contributed by atoms with van der Waals surface area (Å²) in [5.74, 6) is 1.11. The molecule has 2 aliphatic carbocycles. The third-order valence-electron chi connectivity index (χ3n) is 8.49. The summed E-state index contributed by atoms with van der Waals surface area (Å²) in [6.07, 6.45) is 10.4. The zero-order valence-electron chi connectivity index (χ0n) is 20.1. The number of aryl methyl sites for hydroxylation is 1. The number of aromatic nitrogens is 4. The van der Waals surface area contributed by atoms with Gasteiger partial charge in [0.15, 0.2) is 0 Å². The van der Waals surface area contributed by atoms with Crippen molar-refractivity contribution in [1.29, 1.82) is 0 Å². The number of nitrogens with zero attached hydrogens (tertiary/aromatic N) is 4. The van der Waals surface area contributed by atoms with Gasteiger partial charge in [0, 0.05) is 17.7 Å². The van der Waals surface area contributed by atoms with Crippen molar-refractivity contribution in [2.45, 2.75) is 78.2 Å². The predicted molar refractivity (Wildman–Crippen MR) is 130 cm³/mol. The molecule has 2 N–H and O–H groups in total. The number of imidazole rings is 1. The molecule has 0 unspecified atom stereocenters. The summed E-state index contributed by atoms with van der Waals surface area (Å²) in [6.45, 7) is 8.41. The molecular weight excluding hydrogens is 412 g/mol. The molecule has 2 atom stereocenters.